The molecule has 0 aromatic carbocycles. The number of ether oxygens (including phenoxy) is 1. The molecule has 2 aromatic rings. The van der Waals surface area contributed by atoms with Gasteiger partial charge in [0.1, 0.15) is 0 Å². The van der Waals surface area contributed by atoms with Crippen LogP contribution in [0.5, 0.6) is 0 Å². The van der Waals surface area contributed by atoms with Crippen molar-refractivity contribution in [3.8, 4) is 0 Å². The lowest BCUT2D eigenvalue weighted by molar-refractivity contribution is 0.105. The zero-order valence-electron chi connectivity index (χ0n) is 13.3. The maximum atomic E-state index is 5.62. The topological polar surface area (TPSA) is 51.5 Å². The van der Waals surface area contributed by atoms with Crippen LogP contribution in [0, 0.1) is 19.8 Å². The zero-order valence-corrected chi connectivity index (χ0v) is 13.3. The van der Waals surface area contributed by atoms with Crippen LogP contribution in [0.1, 0.15) is 43.3 Å². The third kappa shape index (κ3) is 2.80. The average Bonchev–Trinajstić information content (AvgIpc) is 3.02. The first-order valence-corrected chi connectivity index (χ1v) is 7.73. The normalized spacial score (nSPS) is 23.8. The molecule has 114 valence electrons. The molecule has 0 radical (unpaired) electrons. The molecule has 2 aromatic heterocycles. The van der Waals surface area contributed by atoms with Gasteiger partial charge in [-0.1, -0.05) is 0 Å². The minimum absolute atomic E-state index is 0.263. The van der Waals surface area contributed by atoms with Crippen LogP contribution in [0.2, 0.25) is 0 Å². The van der Waals surface area contributed by atoms with E-state index in [-0.39, 0.29) is 6.04 Å². The predicted octanol–water partition coefficient (Wildman–Crippen LogP) is 2.42. The molecule has 3 atom stereocenters. The highest BCUT2D eigenvalue weighted by atomic mass is 16.5. The van der Waals surface area contributed by atoms with Gasteiger partial charge in [0.25, 0.3) is 0 Å². The molecular formula is C16H24N4O. The summed E-state index contributed by atoms with van der Waals surface area (Å²) in [7, 11) is 0. The Bertz CT molecular complexity index is 636. The van der Waals surface area contributed by atoms with E-state index in [1.54, 1.807) is 0 Å². The van der Waals surface area contributed by atoms with Crippen LogP contribution in [0.25, 0.3) is 5.65 Å². The molecule has 0 aliphatic carbocycles. The Morgan fingerprint density at radius 3 is 3.00 bits per heavy atom. The fourth-order valence-corrected chi connectivity index (χ4v) is 3.08. The van der Waals surface area contributed by atoms with Crippen molar-refractivity contribution in [2.75, 3.05) is 13.2 Å². The van der Waals surface area contributed by atoms with Gasteiger partial charge in [0.2, 0.25) is 0 Å². The van der Waals surface area contributed by atoms with Crippen molar-refractivity contribution in [3.05, 3.63) is 29.2 Å². The van der Waals surface area contributed by atoms with Gasteiger partial charge in [-0.25, -0.2) is 9.50 Å². The molecule has 3 rings (SSSR count). The summed E-state index contributed by atoms with van der Waals surface area (Å²) < 4.78 is 7.56. The van der Waals surface area contributed by atoms with Crippen molar-refractivity contribution < 1.29 is 4.74 Å². The van der Waals surface area contributed by atoms with Crippen molar-refractivity contribution in [1.82, 2.24) is 19.9 Å². The van der Waals surface area contributed by atoms with Crippen LogP contribution in [0.4, 0.5) is 0 Å². The summed E-state index contributed by atoms with van der Waals surface area (Å²) in [5.41, 5.74) is 4.28. The van der Waals surface area contributed by atoms with Crippen LogP contribution in [0.15, 0.2) is 12.3 Å². The Kier molecular flexibility index (Phi) is 3.95. The van der Waals surface area contributed by atoms with E-state index in [1.165, 1.54) is 5.56 Å². The molecule has 1 fully saturated rings. The van der Waals surface area contributed by atoms with Gasteiger partial charge in [-0.3, -0.25) is 0 Å². The fraction of sp³-hybridized carbons (Fsp3) is 0.625. The van der Waals surface area contributed by atoms with E-state index in [2.05, 4.69) is 36.2 Å². The third-order valence-corrected chi connectivity index (χ3v) is 4.57. The number of hydrogen-bond acceptors (Lipinski definition) is 4. The largest absolute Gasteiger partial charge is 0.378 e. The van der Waals surface area contributed by atoms with Gasteiger partial charge in [0.05, 0.1) is 11.8 Å². The average molecular weight is 288 g/mol. The monoisotopic (exact) mass is 288 g/mol. The fourth-order valence-electron chi connectivity index (χ4n) is 3.08. The molecule has 1 saturated heterocycles. The number of fused-ring (bicyclic) bond motifs is 1. The van der Waals surface area contributed by atoms with Gasteiger partial charge in [-0.05, 0) is 40.0 Å². The molecule has 0 amide bonds. The third-order valence-electron chi connectivity index (χ3n) is 4.57. The van der Waals surface area contributed by atoms with Crippen molar-refractivity contribution in [3.63, 3.8) is 0 Å². The molecule has 3 unspecified atom stereocenters. The smallest absolute Gasteiger partial charge is 0.155 e. The maximum Gasteiger partial charge on any atom is 0.155 e. The maximum absolute atomic E-state index is 5.62. The van der Waals surface area contributed by atoms with Crippen molar-refractivity contribution in [2.24, 2.45) is 5.92 Å². The van der Waals surface area contributed by atoms with Crippen LogP contribution >= 0.6 is 0 Å². The quantitative estimate of drug-likeness (QED) is 0.938. The molecule has 0 spiro atoms. The number of nitrogens with zero attached hydrogens (tertiary/aromatic N) is 3. The van der Waals surface area contributed by atoms with Gasteiger partial charge in [0.15, 0.2) is 5.65 Å². The second-order valence-corrected chi connectivity index (χ2v) is 6.11. The van der Waals surface area contributed by atoms with E-state index in [9.17, 15) is 0 Å². The minimum Gasteiger partial charge on any atom is -0.378 e. The Hall–Kier alpha value is -1.46. The molecule has 0 saturated carbocycles. The van der Waals surface area contributed by atoms with Gasteiger partial charge in [-0.15, -0.1) is 0 Å². The van der Waals surface area contributed by atoms with Gasteiger partial charge in [-0.2, -0.15) is 5.10 Å². The SMILES string of the molecule is Cc1cc2ncc(C(C)NCC3CCOC3C)c(C)n2n1. The van der Waals surface area contributed by atoms with E-state index < -0.39 is 0 Å². The Labute approximate surface area is 125 Å². The first kappa shape index (κ1) is 14.5. The number of aromatic nitrogens is 3. The summed E-state index contributed by atoms with van der Waals surface area (Å²) in [5, 5.41) is 8.13. The van der Waals surface area contributed by atoms with Gasteiger partial charge in [0, 0.05) is 42.7 Å². The second kappa shape index (κ2) is 5.73. The predicted molar refractivity (Wildman–Crippen MR) is 82.4 cm³/mol. The van der Waals surface area contributed by atoms with Crippen LogP contribution in [0.3, 0.4) is 0 Å². The summed E-state index contributed by atoms with van der Waals surface area (Å²) >= 11 is 0. The summed E-state index contributed by atoms with van der Waals surface area (Å²) in [6, 6.07) is 2.27. The molecular weight excluding hydrogens is 264 g/mol. The number of nitrogens with one attached hydrogen (secondary N) is 1. The molecule has 1 aliphatic heterocycles. The number of aryl methyl sites for hydroxylation is 2. The standard InChI is InChI=1S/C16H24N4O/c1-10-7-16-18-9-15(12(3)20(16)19-10)11(2)17-8-14-5-6-21-13(14)4/h7,9,11,13-14,17H,5-6,8H2,1-4H3. The van der Waals surface area contributed by atoms with Crippen molar-refractivity contribution in [2.45, 2.75) is 46.3 Å². The van der Waals surface area contributed by atoms with E-state index in [0.717, 1.165) is 36.6 Å². The van der Waals surface area contributed by atoms with Gasteiger partial charge >= 0.3 is 0 Å². The Balaban J connectivity index is 1.74. The zero-order chi connectivity index (χ0) is 15.0. The summed E-state index contributed by atoms with van der Waals surface area (Å²) in [6.07, 6.45) is 3.48. The highest BCUT2D eigenvalue weighted by Crippen LogP contribution is 2.22. The Morgan fingerprint density at radius 1 is 1.48 bits per heavy atom. The van der Waals surface area contributed by atoms with E-state index in [1.807, 2.05) is 23.7 Å². The second-order valence-electron chi connectivity index (χ2n) is 6.11. The molecule has 5 heteroatoms. The van der Waals surface area contributed by atoms with Crippen molar-refractivity contribution >= 4 is 5.65 Å². The van der Waals surface area contributed by atoms with Crippen molar-refractivity contribution in [1.29, 1.82) is 0 Å². The molecule has 1 N–H and O–H groups in total. The van der Waals surface area contributed by atoms with E-state index >= 15 is 0 Å². The first-order chi connectivity index (χ1) is 10.1. The van der Waals surface area contributed by atoms with Crippen LogP contribution < -0.4 is 5.32 Å². The van der Waals surface area contributed by atoms with Gasteiger partial charge < -0.3 is 10.1 Å². The molecule has 21 heavy (non-hydrogen) atoms. The number of hydrogen-bond donors (Lipinski definition) is 1. The Morgan fingerprint density at radius 2 is 2.29 bits per heavy atom. The lowest BCUT2D eigenvalue weighted by Gasteiger charge is -2.20. The summed E-state index contributed by atoms with van der Waals surface area (Å²) in [6.45, 7) is 10.3. The molecule has 5 nitrogen and oxygen atoms in total. The lowest BCUT2D eigenvalue weighted by Crippen LogP contribution is -2.29. The molecule has 0 bridgehead atoms. The summed E-state index contributed by atoms with van der Waals surface area (Å²) in [5.74, 6) is 0.608. The number of rotatable bonds is 4. The van der Waals surface area contributed by atoms with Crippen LogP contribution in [-0.4, -0.2) is 33.9 Å². The molecule has 1 aliphatic rings. The summed E-state index contributed by atoms with van der Waals surface area (Å²) in [4.78, 5) is 4.51. The van der Waals surface area contributed by atoms with E-state index in [4.69, 9.17) is 4.74 Å². The minimum atomic E-state index is 0.263. The lowest BCUT2D eigenvalue weighted by atomic mass is 10.0. The van der Waals surface area contributed by atoms with Crippen LogP contribution in [-0.2, 0) is 4.74 Å². The van der Waals surface area contributed by atoms with E-state index in [0.29, 0.717) is 12.0 Å². The molecule has 3 heterocycles. The first-order valence-electron chi connectivity index (χ1n) is 7.73. The highest BCUT2D eigenvalue weighted by molar-refractivity contribution is 5.42. The highest BCUT2D eigenvalue weighted by Gasteiger charge is 2.24.